The first-order chi connectivity index (χ1) is 20.9. The molecule has 2 aromatic carbocycles. The molecule has 0 aliphatic carbocycles. The van der Waals surface area contributed by atoms with Gasteiger partial charge in [-0.15, -0.1) is 0 Å². The van der Waals surface area contributed by atoms with Crippen molar-refractivity contribution in [3.05, 3.63) is 88.8 Å². The van der Waals surface area contributed by atoms with E-state index in [1.807, 2.05) is 30.5 Å². The molecule has 6 rings (SSSR count). The number of urea groups is 1. The fourth-order valence-corrected chi connectivity index (χ4v) is 5.41. The Kier molecular flexibility index (Phi) is 8.02. The van der Waals surface area contributed by atoms with Crippen molar-refractivity contribution in [2.24, 2.45) is 5.92 Å². The predicted octanol–water partition coefficient (Wildman–Crippen LogP) is 5.87. The summed E-state index contributed by atoms with van der Waals surface area (Å²) in [6.45, 7) is 1.04. The molecule has 4 heterocycles. The first kappa shape index (κ1) is 27.9. The molecule has 12 heteroatoms. The number of aromatic nitrogens is 3. The number of fused-ring (bicyclic) bond motifs is 6. The Bertz CT molecular complexity index is 1740. The van der Waals surface area contributed by atoms with Crippen LogP contribution in [0.2, 0.25) is 5.02 Å². The summed E-state index contributed by atoms with van der Waals surface area (Å²) < 4.78 is 0. The van der Waals surface area contributed by atoms with E-state index >= 15 is 0 Å². The van der Waals surface area contributed by atoms with Gasteiger partial charge in [0.1, 0.15) is 5.02 Å². The van der Waals surface area contributed by atoms with Gasteiger partial charge in [0.15, 0.2) is 5.82 Å². The Balaban J connectivity index is 1.13. The number of nitrogens with zero attached hydrogens (tertiary/aromatic N) is 5. The van der Waals surface area contributed by atoms with E-state index < -0.39 is 0 Å². The van der Waals surface area contributed by atoms with Crippen molar-refractivity contribution in [3.63, 3.8) is 0 Å². The van der Waals surface area contributed by atoms with Gasteiger partial charge in [-0.3, -0.25) is 9.78 Å². The summed E-state index contributed by atoms with van der Waals surface area (Å²) >= 11 is 6.37. The summed E-state index contributed by atoms with van der Waals surface area (Å²) in [5, 5.41) is 21.9. The number of nitriles is 1. The van der Waals surface area contributed by atoms with Crippen LogP contribution >= 0.6 is 11.6 Å². The van der Waals surface area contributed by atoms with E-state index in [4.69, 9.17) is 16.9 Å². The molecule has 1 fully saturated rings. The van der Waals surface area contributed by atoms with Gasteiger partial charge < -0.3 is 26.2 Å². The third kappa shape index (κ3) is 6.82. The first-order valence-electron chi connectivity index (χ1n) is 13.9. The molecule has 11 nitrogen and oxygen atoms in total. The highest BCUT2D eigenvalue weighted by Gasteiger charge is 2.28. The number of pyridine rings is 1. The smallest absolute Gasteiger partial charge is 0.321 e. The van der Waals surface area contributed by atoms with E-state index in [2.05, 4.69) is 42.3 Å². The fourth-order valence-electron chi connectivity index (χ4n) is 5.27. The molecule has 2 aromatic heterocycles. The van der Waals surface area contributed by atoms with Crippen LogP contribution in [0.3, 0.4) is 0 Å². The minimum Gasteiger partial charge on any atom is -0.339 e. The van der Waals surface area contributed by atoms with Gasteiger partial charge >= 0.3 is 6.03 Å². The van der Waals surface area contributed by atoms with Gasteiger partial charge in [-0.25, -0.2) is 9.78 Å². The molecule has 0 unspecified atom stereocenters. The maximum absolute atomic E-state index is 13.2. The number of likely N-dealkylation sites (tertiary alicyclic amines) is 1. The van der Waals surface area contributed by atoms with Gasteiger partial charge in [0.2, 0.25) is 11.9 Å². The highest BCUT2D eigenvalue weighted by Crippen LogP contribution is 2.30. The summed E-state index contributed by atoms with van der Waals surface area (Å²) in [5.74, 6) is 0.783. The number of anilines is 6. The Morgan fingerprint density at radius 3 is 2.84 bits per heavy atom. The van der Waals surface area contributed by atoms with Crippen molar-refractivity contribution in [2.45, 2.75) is 25.7 Å². The molecule has 0 saturated carbocycles. The minimum atomic E-state index is -0.239. The lowest BCUT2D eigenvalue weighted by Gasteiger charge is -2.18. The fraction of sp³-hybridized carbons (Fsp3) is 0.226. The van der Waals surface area contributed by atoms with Gasteiger partial charge in [-0.2, -0.15) is 10.2 Å². The topological polar surface area (TPSA) is 148 Å². The number of nitrogens with one attached hydrogen (secondary N) is 4. The Labute approximate surface area is 253 Å². The molecule has 43 heavy (non-hydrogen) atoms. The van der Waals surface area contributed by atoms with Gasteiger partial charge in [0.05, 0.1) is 29.7 Å². The zero-order valence-corrected chi connectivity index (χ0v) is 23.9. The van der Waals surface area contributed by atoms with E-state index in [0.29, 0.717) is 60.4 Å². The van der Waals surface area contributed by atoms with Crippen molar-refractivity contribution in [1.82, 2.24) is 19.9 Å². The maximum atomic E-state index is 13.2. The lowest BCUT2D eigenvalue weighted by atomic mass is 10.0. The van der Waals surface area contributed by atoms with Gasteiger partial charge in [0, 0.05) is 42.8 Å². The summed E-state index contributed by atoms with van der Waals surface area (Å²) in [4.78, 5) is 40.8. The Morgan fingerprint density at radius 1 is 1.05 bits per heavy atom. The van der Waals surface area contributed by atoms with Crippen LogP contribution in [0, 0.1) is 17.2 Å². The summed E-state index contributed by atoms with van der Waals surface area (Å²) in [5.41, 5.74) is 5.29. The molecule has 0 radical (unpaired) electrons. The number of halogens is 1. The van der Waals surface area contributed by atoms with Crippen LogP contribution in [0.25, 0.3) is 0 Å². The van der Waals surface area contributed by atoms with Gasteiger partial charge in [-0.1, -0.05) is 17.7 Å². The molecule has 6 bridgehead atoms. The van der Waals surface area contributed by atoms with Crippen molar-refractivity contribution in [1.29, 1.82) is 5.26 Å². The SMILES string of the molecule is N#Cc1cccc(NC(=O)N2CC[C@H](CC(=O)Nc3ccc4cc3CCc3cncc(c3)Nc3ncc(Cl)c(n3)N4)C2)c1. The second-order valence-electron chi connectivity index (χ2n) is 10.6. The normalized spacial score (nSPS) is 15.4. The zero-order chi connectivity index (χ0) is 29.8. The van der Waals surface area contributed by atoms with E-state index in [0.717, 1.165) is 34.6 Å². The summed E-state index contributed by atoms with van der Waals surface area (Å²) in [6.07, 6.45) is 7.46. The van der Waals surface area contributed by atoms with Crippen molar-refractivity contribution in [2.75, 3.05) is 34.4 Å². The second kappa shape index (κ2) is 12.3. The van der Waals surface area contributed by atoms with Gasteiger partial charge in [0.25, 0.3) is 0 Å². The molecular formula is C31H28ClN9O2. The number of carbonyl (C=O) groups excluding carboxylic acids is 2. The third-order valence-electron chi connectivity index (χ3n) is 7.41. The molecule has 1 atom stereocenters. The number of hydrogen-bond acceptors (Lipinski definition) is 8. The molecule has 3 amide bonds. The Morgan fingerprint density at radius 2 is 1.95 bits per heavy atom. The van der Waals surface area contributed by atoms with Crippen LogP contribution in [-0.4, -0.2) is 44.9 Å². The quantitative estimate of drug-likeness (QED) is 0.230. The van der Waals surface area contributed by atoms with Crippen LogP contribution in [-0.2, 0) is 17.6 Å². The molecule has 4 N–H and O–H groups in total. The number of carbonyl (C=O) groups is 2. The number of rotatable bonds is 4. The molecule has 4 aromatic rings. The van der Waals surface area contributed by atoms with Crippen LogP contribution in [0.15, 0.2) is 67.1 Å². The lowest BCUT2D eigenvalue weighted by molar-refractivity contribution is -0.117. The second-order valence-corrected chi connectivity index (χ2v) is 11.0. The molecule has 1 saturated heterocycles. The minimum absolute atomic E-state index is 0.0395. The Hall–Kier alpha value is -5.21. The van der Waals surface area contributed by atoms with Crippen LogP contribution in [0.4, 0.5) is 39.3 Å². The van der Waals surface area contributed by atoms with Crippen LogP contribution in [0.1, 0.15) is 29.5 Å². The molecule has 2 aliphatic heterocycles. The lowest BCUT2D eigenvalue weighted by Crippen LogP contribution is -2.33. The summed E-state index contributed by atoms with van der Waals surface area (Å²) in [6, 6.07) is 16.4. The predicted molar refractivity (Wildman–Crippen MR) is 165 cm³/mol. The standard InChI is InChI=1S/C31H28ClN9O2/c32-26-17-35-30-37-25-11-20(15-34-16-25)4-5-22-13-24(36-29(26)40-30)6-7-27(22)39-28(42)12-21-8-9-41(18-21)31(43)38-23-3-1-2-19(10-23)14-33/h1-3,6-7,10-11,13,15-17,21H,4-5,8-9,12,18H2,(H,38,43)(H,39,42)(H2,35,36,37,40)/t21-/m1/s1. The first-order valence-corrected chi connectivity index (χ1v) is 14.3. The number of hydrogen-bond donors (Lipinski definition) is 4. The average Bonchev–Trinajstić information content (AvgIpc) is 3.47. The highest BCUT2D eigenvalue weighted by molar-refractivity contribution is 6.32. The number of aryl methyl sites for hydroxylation is 2. The molecular weight excluding hydrogens is 566 g/mol. The van der Waals surface area contributed by atoms with Crippen LogP contribution in [0.5, 0.6) is 0 Å². The number of benzene rings is 2. The number of amides is 3. The largest absolute Gasteiger partial charge is 0.339 e. The average molecular weight is 594 g/mol. The van der Waals surface area contributed by atoms with Crippen molar-refractivity contribution in [3.8, 4) is 6.07 Å². The van der Waals surface area contributed by atoms with Crippen LogP contribution < -0.4 is 21.3 Å². The summed E-state index contributed by atoms with van der Waals surface area (Å²) in [7, 11) is 0. The van der Waals surface area contributed by atoms with E-state index in [9.17, 15) is 9.59 Å². The zero-order valence-electron chi connectivity index (χ0n) is 23.1. The molecule has 0 spiro atoms. The van der Waals surface area contributed by atoms with Gasteiger partial charge in [-0.05, 0) is 78.8 Å². The third-order valence-corrected chi connectivity index (χ3v) is 7.69. The van der Waals surface area contributed by atoms with E-state index in [-0.39, 0.29) is 17.9 Å². The molecule has 2 aliphatic rings. The van der Waals surface area contributed by atoms with Crippen molar-refractivity contribution < 1.29 is 9.59 Å². The van der Waals surface area contributed by atoms with E-state index in [1.165, 1.54) is 6.20 Å². The maximum Gasteiger partial charge on any atom is 0.321 e. The highest BCUT2D eigenvalue weighted by atomic mass is 35.5. The molecule has 216 valence electrons. The monoisotopic (exact) mass is 593 g/mol. The van der Waals surface area contributed by atoms with E-state index in [1.54, 1.807) is 35.4 Å². The van der Waals surface area contributed by atoms with Crippen molar-refractivity contribution >= 4 is 58.1 Å².